The number of hydrogen-bond acceptors (Lipinski definition) is 5. The normalized spacial score (nSPS) is 22.3. The van der Waals surface area contributed by atoms with Crippen LogP contribution in [0.2, 0.25) is 0 Å². The van der Waals surface area contributed by atoms with Crippen molar-refractivity contribution in [3.05, 3.63) is 64.8 Å². The topological polar surface area (TPSA) is 105 Å². The number of nitrogens with zero attached hydrogens (tertiary/aromatic N) is 1. The SMILES string of the molecule is CC1(C)C(=O)N(c2cc(OC(F)(F)F)ccc2F)c2ccc(C(=O)N[C@]3(C)CC=CS(=O)(=O)N3)cc21. The fourth-order valence-electron chi connectivity index (χ4n) is 4.18. The minimum absolute atomic E-state index is 0.0982. The van der Waals surface area contributed by atoms with E-state index in [-0.39, 0.29) is 17.7 Å². The highest BCUT2D eigenvalue weighted by atomic mass is 32.2. The average Bonchev–Trinajstić information content (AvgIpc) is 2.92. The summed E-state index contributed by atoms with van der Waals surface area (Å²) in [6, 6.07) is 6.46. The Balaban J connectivity index is 1.70. The maximum Gasteiger partial charge on any atom is 0.573 e. The highest BCUT2D eigenvalue weighted by Gasteiger charge is 2.46. The molecule has 2 amide bonds. The van der Waals surface area contributed by atoms with Gasteiger partial charge in [0.25, 0.3) is 5.91 Å². The first-order valence-corrected chi connectivity index (χ1v) is 12.1. The zero-order chi connectivity index (χ0) is 26.7. The van der Waals surface area contributed by atoms with Gasteiger partial charge in [-0.25, -0.2) is 12.8 Å². The van der Waals surface area contributed by atoms with Crippen molar-refractivity contribution in [1.82, 2.24) is 10.0 Å². The molecule has 8 nitrogen and oxygen atoms in total. The molecule has 4 rings (SSSR count). The van der Waals surface area contributed by atoms with E-state index in [0.29, 0.717) is 5.56 Å². The number of alkyl halides is 3. The smallest absolute Gasteiger partial charge is 0.406 e. The van der Waals surface area contributed by atoms with E-state index in [9.17, 15) is 35.6 Å². The molecule has 0 bridgehead atoms. The zero-order valence-electron chi connectivity index (χ0n) is 19.2. The average molecular weight is 527 g/mol. The largest absolute Gasteiger partial charge is 0.573 e. The van der Waals surface area contributed by atoms with Crippen molar-refractivity contribution in [2.75, 3.05) is 4.90 Å². The number of ether oxygens (including phenoxy) is 1. The quantitative estimate of drug-likeness (QED) is 0.586. The molecule has 0 aliphatic carbocycles. The molecular formula is C23H21F4N3O5S. The van der Waals surface area contributed by atoms with Crippen molar-refractivity contribution in [3.63, 3.8) is 0 Å². The van der Waals surface area contributed by atoms with E-state index in [4.69, 9.17) is 0 Å². The number of carbonyl (C=O) groups is 2. The van der Waals surface area contributed by atoms with E-state index in [1.165, 1.54) is 45.0 Å². The molecule has 0 fully saturated rings. The van der Waals surface area contributed by atoms with E-state index in [1.807, 2.05) is 0 Å². The summed E-state index contributed by atoms with van der Waals surface area (Å²) in [6.07, 6.45) is -3.42. The second-order valence-corrected chi connectivity index (χ2v) is 10.7. The second-order valence-electron chi connectivity index (χ2n) is 9.17. The third kappa shape index (κ3) is 4.80. The van der Waals surface area contributed by atoms with E-state index in [0.717, 1.165) is 28.5 Å². The van der Waals surface area contributed by atoms with Gasteiger partial charge in [-0.05, 0) is 56.7 Å². The number of sulfonamides is 1. The number of benzene rings is 2. The van der Waals surface area contributed by atoms with Gasteiger partial charge in [0.2, 0.25) is 15.9 Å². The van der Waals surface area contributed by atoms with Gasteiger partial charge in [0, 0.05) is 23.5 Å². The Hall–Kier alpha value is -3.45. The third-order valence-electron chi connectivity index (χ3n) is 5.86. The number of hydrogen-bond donors (Lipinski definition) is 2. The molecular weight excluding hydrogens is 506 g/mol. The number of carbonyl (C=O) groups excluding carboxylic acids is 2. The van der Waals surface area contributed by atoms with Crippen LogP contribution in [0.15, 0.2) is 47.9 Å². The zero-order valence-corrected chi connectivity index (χ0v) is 20.1. The fraction of sp³-hybridized carbons (Fsp3) is 0.304. The van der Waals surface area contributed by atoms with Crippen LogP contribution < -0.4 is 19.7 Å². The molecule has 0 aromatic heterocycles. The van der Waals surface area contributed by atoms with Crippen LogP contribution in [0, 0.1) is 5.82 Å². The maximum atomic E-state index is 14.7. The van der Waals surface area contributed by atoms with E-state index in [2.05, 4.69) is 14.8 Å². The fourth-order valence-corrected chi connectivity index (χ4v) is 5.36. The maximum absolute atomic E-state index is 14.7. The van der Waals surface area contributed by atoms with Gasteiger partial charge in [-0.3, -0.25) is 14.5 Å². The van der Waals surface area contributed by atoms with Crippen molar-refractivity contribution in [2.45, 2.75) is 44.6 Å². The summed E-state index contributed by atoms with van der Waals surface area (Å²) in [7, 11) is -3.72. The monoisotopic (exact) mass is 527 g/mol. The molecule has 0 unspecified atom stereocenters. The van der Waals surface area contributed by atoms with Crippen molar-refractivity contribution in [3.8, 4) is 5.75 Å². The van der Waals surface area contributed by atoms with Crippen LogP contribution in [0.3, 0.4) is 0 Å². The first-order valence-electron chi connectivity index (χ1n) is 10.6. The number of rotatable bonds is 4. The molecule has 13 heteroatoms. The van der Waals surface area contributed by atoms with E-state index in [1.54, 1.807) is 0 Å². The lowest BCUT2D eigenvalue weighted by Gasteiger charge is -2.32. The lowest BCUT2D eigenvalue weighted by Crippen LogP contribution is -2.59. The van der Waals surface area contributed by atoms with Gasteiger partial charge in [-0.1, -0.05) is 6.08 Å². The Labute approximate surface area is 204 Å². The van der Waals surface area contributed by atoms with Gasteiger partial charge in [-0.2, -0.15) is 4.72 Å². The van der Waals surface area contributed by atoms with Crippen molar-refractivity contribution >= 4 is 33.2 Å². The summed E-state index contributed by atoms with van der Waals surface area (Å²) < 4.78 is 82.7. The Morgan fingerprint density at radius 1 is 1.11 bits per heavy atom. The summed E-state index contributed by atoms with van der Waals surface area (Å²) in [5, 5.41) is 3.61. The van der Waals surface area contributed by atoms with Gasteiger partial charge in [0.1, 0.15) is 17.2 Å². The third-order valence-corrected chi connectivity index (χ3v) is 7.15. The second kappa shape index (κ2) is 8.30. The summed E-state index contributed by atoms with van der Waals surface area (Å²) in [5.41, 5.74) is -2.39. The van der Waals surface area contributed by atoms with Crippen LogP contribution in [0.25, 0.3) is 0 Å². The highest BCUT2D eigenvalue weighted by Crippen LogP contribution is 2.47. The molecule has 192 valence electrons. The van der Waals surface area contributed by atoms with Crippen LogP contribution in [-0.4, -0.2) is 32.3 Å². The molecule has 1 atom stereocenters. The minimum atomic E-state index is -5.01. The number of fused-ring (bicyclic) bond motifs is 1. The molecule has 2 heterocycles. The van der Waals surface area contributed by atoms with Gasteiger partial charge in [-0.15, -0.1) is 13.2 Å². The predicted molar refractivity (Wildman–Crippen MR) is 121 cm³/mol. The van der Waals surface area contributed by atoms with Crippen molar-refractivity contribution in [1.29, 1.82) is 0 Å². The molecule has 2 N–H and O–H groups in total. The summed E-state index contributed by atoms with van der Waals surface area (Å²) in [5.74, 6) is -2.91. The van der Waals surface area contributed by atoms with Crippen LogP contribution in [0.4, 0.5) is 28.9 Å². The summed E-state index contributed by atoms with van der Waals surface area (Å²) >= 11 is 0. The summed E-state index contributed by atoms with van der Waals surface area (Å²) in [6.45, 7) is 4.56. The van der Waals surface area contributed by atoms with Crippen LogP contribution in [0.5, 0.6) is 5.75 Å². The van der Waals surface area contributed by atoms with Crippen molar-refractivity contribution in [2.24, 2.45) is 0 Å². The van der Waals surface area contributed by atoms with Gasteiger partial charge < -0.3 is 10.1 Å². The van der Waals surface area contributed by atoms with Crippen LogP contribution in [0.1, 0.15) is 43.1 Å². The Morgan fingerprint density at radius 2 is 1.81 bits per heavy atom. The van der Waals surface area contributed by atoms with E-state index >= 15 is 0 Å². The number of anilines is 2. The number of halogens is 4. The van der Waals surface area contributed by atoms with Crippen molar-refractivity contribution < 1.29 is 40.3 Å². The molecule has 36 heavy (non-hydrogen) atoms. The lowest BCUT2D eigenvalue weighted by molar-refractivity contribution is -0.274. The van der Waals surface area contributed by atoms with E-state index < -0.39 is 56.5 Å². The Bertz CT molecular complexity index is 1400. The Kier molecular flexibility index (Phi) is 5.91. The summed E-state index contributed by atoms with van der Waals surface area (Å²) in [4.78, 5) is 27.2. The molecule has 0 saturated carbocycles. The molecule has 0 saturated heterocycles. The predicted octanol–water partition coefficient (Wildman–Crippen LogP) is 3.96. The van der Waals surface area contributed by atoms with Crippen LogP contribution in [-0.2, 0) is 20.2 Å². The minimum Gasteiger partial charge on any atom is -0.406 e. The number of nitrogens with one attached hydrogen (secondary N) is 2. The number of amides is 2. The van der Waals surface area contributed by atoms with Crippen LogP contribution >= 0.6 is 0 Å². The molecule has 2 aliphatic heterocycles. The van der Waals surface area contributed by atoms with Gasteiger partial charge in [0.15, 0.2) is 0 Å². The molecule has 0 radical (unpaired) electrons. The highest BCUT2D eigenvalue weighted by molar-refractivity contribution is 7.92. The molecule has 0 spiro atoms. The standard InChI is InChI=1S/C23H21F4N3O5S/c1-21(2)15-11-13(19(31)28-22(3)9-4-10-36(33,34)29-22)5-8-17(15)30(20(21)32)18-12-14(6-7-16(18)24)35-23(25,26)27/h4-8,10-12,29H,9H2,1-3H3,(H,28,31)/t22-/m0/s1. The lowest BCUT2D eigenvalue weighted by atomic mass is 9.85. The van der Waals surface area contributed by atoms with Gasteiger partial charge >= 0.3 is 6.36 Å². The molecule has 2 aromatic rings. The molecule has 2 aliphatic rings. The first kappa shape index (κ1) is 25.6. The molecule has 2 aromatic carbocycles. The Morgan fingerprint density at radius 3 is 2.44 bits per heavy atom. The first-order chi connectivity index (χ1) is 16.5. The van der Waals surface area contributed by atoms with Gasteiger partial charge in [0.05, 0.1) is 16.8 Å².